The number of rotatable bonds is 4. The summed E-state index contributed by atoms with van der Waals surface area (Å²) in [6, 6.07) is 6.50. The summed E-state index contributed by atoms with van der Waals surface area (Å²) in [6.07, 6.45) is 0. The van der Waals surface area contributed by atoms with Gasteiger partial charge in [0.1, 0.15) is 12.4 Å². The minimum Gasteiger partial charge on any atom is -0.491 e. The van der Waals surface area contributed by atoms with Gasteiger partial charge < -0.3 is 9.84 Å². The van der Waals surface area contributed by atoms with E-state index in [1.54, 1.807) is 24.3 Å². The van der Waals surface area contributed by atoms with Crippen molar-refractivity contribution in [3.63, 3.8) is 0 Å². The number of hydroxylamine groups is 2. The smallest absolute Gasteiger partial charge is 0.348 e. The SMILES string of the molecule is O=C1N(O)CCN1c1ccc(OCCO)cc1. The van der Waals surface area contributed by atoms with Gasteiger partial charge in [-0.15, -0.1) is 0 Å². The zero-order valence-electron chi connectivity index (χ0n) is 9.24. The number of ether oxygens (including phenoxy) is 1. The molecule has 0 spiro atoms. The number of hydrogen-bond donors (Lipinski definition) is 2. The lowest BCUT2D eigenvalue weighted by molar-refractivity contribution is -0.0231. The Morgan fingerprint density at radius 3 is 2.47 bits per heavy atom. The van der Waals surface area contributed by atoms with Gasteiger partial charge in [-0.2, -0.15) is 0 Å². The largest absolute Gasteiger partial charge is 0.491 e. The highest BCUT2D eigenvalue weighted by Crippen LogP contribution is 2.22. The summed E-state index contributed by atoms with van der Waals surface area (Å²) in [5, 5.41) is 18.5. The topological polar surface area (TPSA) is 73.2 Å². The Morgan fingerprint density at radius 1 is 1.24 bits per heavy atom. The molecule has 6 nitrogen and oxygen atoms in total. The molecule has 1 aliphatic heterocycles. The summed E-state index contributed by atoms with van der Waals surface area (Å²) < 4.78 is 5.21. The molecule has 1 fully saturated rings. The van der Waals surface area contributed by atoms with Gasteiger partial charge in [0.05, 0.1) is 13.2 Å². The van der Waals surface area contributed by atoms with Crippen LogP contribution in [0.2, 0.25) is 0 Å². The zero-order valence-corrected chi connectivity index (χ0v) is 9.24. The van der Waals surface area contributed by atoms with Crippen LogP contribution in [0.15, 0.2) is 24.3 Å². The molecule has 2 rings (SSSR count). The number of aliphatic hydroxyl groups is 1. The quantitative estimate of drug-likeness (QED) is 0.757. The van der Waals surface area contributed by atoms with Crippen molar-refractivity contribution in [1.82, 2.24) is 5.06 Å². The molecule has 1 aromatic rings. The summed E-state index contributed by atoms with van der Waals surface area (Å²) in [6.45, 7) is 0.978. The third kappa shape index (κ3) is 2.48. The van der Waals surface area contributed by atoms with Crippen LogP contribution < -0.4 is 9.64 Å². The summed E-state index contributed by atoms with van der Waals surface area (Å²) in [5.74, 6) is 0.635. The van der Waals surface area contributed by atoms with E-state index in [0.29, 0.717) is 29.6 Å². The molecule has 1 aliphatic rings. The molecular weight excluding hydrogens is 224 g/mol. The lowest BCUT2D eigenvalue weighted by Gasteiger charge is -2.15. The van der Waals surface area contributed by atoms with Crippen LogP contribution in [-0.2, 0) is 0 Å². The van der Waals surface area contributed by atoms with Gasteiger partial charge in [-0.1, -0.05) is 0 Å². The highest BCUT2D eigenvalue weighted by Gasteiger charge is 2.28. The summed E-state index contributed by atoms with van der Waals surface area (Å²) in [7, 11) is 0. The monoisotopic (exact) mass is 238 g/mol. The number of nitrogens with zero attached hydrogens (tertiary/aromatic N) is 2. The molecule has 17 heavy (non-hydrogen) atoms. The van der Waals surface area contributed by atoms with Gasteiger partial charge in [-0.25, -0.2) is 9.86 Å². The average molecular weight is 238 g/mol. The molecule has 2 N–H and O–H groups in total. The van der Waals surface area contributed by atoms with E-state index in [1.807, 2.05) is 0 Å². The van der Waals surface area contributed by atoms with E-state index in [-0.39, 0.29) is 13.2 Å². The number of urea groups is 1. The molecule has 0 atom stereocenters. The Kier molecular flexibility index (Phi) is 3.46. The molecule has 0 aromatic heterocycles. The van der Waals surface area contributed by atoms with Crippen LogP contribution in [0.5, 0.6) is 5.75 Å². The van der Waals surface area contributed by atoms with Crippen LogP contribution in [-0.4, -0.2) is 47.7 Å². The van der Waals surface area contributed by atoms with Crippen molar-refractivity contribution in [2.75, 3.05) is 31.2 Å². The Balaban J connectivity index is 2.05. The number of carbonyl (C=O) groups excluding carboxylic acids is 1. The Hall–Kier alpha value is -1.79. The Labute approximate surface area is 98.6 Å². The van der Waals surface area contributed by atoms with E-state index in [4.69, 9.17) is 9.84 Å². The normalized spacial score (nSPS) is 15.5. The molecular formula is C11H14N2O4. The van der Waals surface area contributed by atoms with E-state index in [0.717, 1.165) is 0 Å². The molecule has 2 amide bonds. The number of benzene rings is 1. The van der Waals surface area contributed by atoms with E-state index in [9.17, 15) is 10.0 Å². The van der Waals surface area contributed by atoms with Gasteiger partial charge in [0.2, 0.25) is 0 Å². The molecule has 1 aromatic carbocycles. The summed E-state index contributed by atoms with van der Waals surface area (Å²) in [5.41, 5.74) is 0.711. The van der Waals surface area contributed by atoms with Crippen LogP contribution >= 0.6 is 0 Å². The zero-order chi connectivity index (χ0) is 12.3. The number of amides is 2. The first kappa shape index (κ1) is 11.7. The molecule has 0 aliphatic carbocycles. The highest BCUT2D eigenvalue weighted by atomic mass is 16.5. The fourth-order valence-electron chi connectivity index (χ4n) is 1.65. The predicted octanol–water partition coefficient (Wildman–Crippen LogP) is 0.689. The van der Waals surface area contributed by atoms with Crippen molar-refractivity contribution in [2.24, 2.45) is 0 Å². The van der Waals surface area contributed by atoms with Gasteiger partial charge >= 0.3 is 6.03 Å². The second-order valence-electron chi connectivity index (χ2n) is 3.62. The summed E-state index contributed by atoms with van der Waals surface area (Å²) >= 11 is 0. The van der Waals surface area contributed by atoms with E-state index >= 15 is 0 Å². The van der Waals surface area contributed by atoms with E-state index in [2.05, 4.69) is 0 Å². The maximum Gasteiger partial charge on any atom is 0.348 e. The molecule has 6 heteroatoms. The Bertz CT molecular complexity index is 393. The first-order valence-electron chi connectivity index (χ1n) is 5.34. The molecule has 0 saturated carbocycles. The predicted molar refractivity (Wildman–Crippen MR) is 60.3 cm³/mol. The fourth-order valence-corrected chi connectivity index (χ4v) is 1.65. The van der Waals surface area contributed by atoms with Crippen LogP contribution in [0.4, 0.5) is 10.5 Å². The summed E-state index contributed by atoms with van der Waals surface area (Å²) in [4.78, 5) is 13.0. The van der Waals surface area contributed by atoms with Crippen molar-refractivity contribution in [2.45, 2.75) is 0 Å². The van der Waals surface area contributed by atoms with Crippen molar-refractivity contribution in [3.8, 4) is 5.75 Å². The number of hydrogen-bond acceptors (Lipinski definition) is 4. The molecule has 1 saturated heterocycles. The lowest BCUT2D eigenvalue weighted by atomic mass is 10.3. The van der Waals surface area contributed by atoms with Crippen molar-refractivity contribution < 1.29 is 19.8 Å². The van der Waals surface area contributed by atoms with Gasteiger partial charge in [-0.05, 0) is 24.3 Å². The van der Waals surface area contributed by atoms with Gasteiger partial charge in [0.15, 0.2) is 0 Å². The maximum atomic E-state index is 11.5. The number of carbonyl (C=O) groups is 1. The highest BCUT2D eigenvalue weighted by molar-refractivity contribution is 5.93. The van der Waals surface area contributed by atoms with Crippen molar-refractivity contribution in [1.29, 1.82) is 0 Å². The molecule has 0 unspecified atom stereocenters. The van der Waals surface area contributed by atoms with Crippen LogP contribution in [0.25, 0.3) is 0 Å². The molecule has 0 radical (unpaired) electrons. The molecule has 1 heterocycles. The average Bonchev–Trinajstić information content (AvgIpc) is 2.68. The van der Waals surface area contributed by atoms with E-state index < -0.39 is 6.03 Å². The van der Waals surface area contributed by atoms with Gasteiger partial charge in [0.25, 0.3) is 0 Å². The second kappa shape index (κ2) is 5.03. The number of anilines is 1. The fraction of sp³-hybridized carbons (Fsp3) is 0.364. The van der Waals surface area contributed by atoms with Gasteiger partial charge in [-0.3, -0.25) is 10.1 Å². The van der Waals surface area contributed by atoms with E-state index in [1.165, 1.54) is 4.90 Å². The third-order valence-corrected chi connectivity index (χ3v) is 2.50. The van der Waals surface area contributed by atoms with Crippen LogP contribution in [0.1, 0.15) is 0 Å². The van der Waals surface area contributed by atoms with Gasteiger partial charge in [0, 0.05) is 12.2 Å². The minimum atomic E-state index is -0.422. The van der Waals surface area contributed by atoms with Crippen LogP contribution in [0.3, 0.4) is 0 Å². The minimum absolute atomic E-state index is 0.0359. The number of aliphatic hydroxyl groups excluding tert-OH is 1. The van der Waals surface area contributed by atoms with Crippen molar-refractivity contribution in [3.05, 3.63) is 24.3 Å². The van der Waals surface area contributed by atoms with Crippen molar-refractivity contribution >= 4 is 11.7 Å². The Morgan fingerprint density at radius 2 is 1.94 bits per heavy atom. The first-order valence-corrected chi connectivity index (χ1v) is 5.34. The third-order valence-electron chi connectivity index (χ3n) is 2.50. The second-order valence-corrected chi connectivity index (χ2v) is 3.62. The molecule has 92 valence electrons. The molecule has 0 bridgehead atoms. The van der Waals surface area contributed by atoms with Crippen LogP contribution in [0, 0.1) is 0 Å². The lowest BCUT2D eigenvalue weighted by Crippen LogP contribution is -2.29. The maximum absolute atomic E-state index is 11.5. The first-order chi connectivity index (χ1) is 8.22. The standard InChI is InChI=1S/C11H14N2O4/c14-7-8-17-10-3-1-9(2-4-10)12-5-6-13(16)11(12)15/h1-4,14,16H,5-8H2.